The molecule has 0 saturated heterocycles. The molecule has 0 saturated carbocycles. The van der Waals surface area contributed by atoms with Gasteiger partial charge in [0.25, 0.3) is 0 Å². The van der Waals surface area contributed by atoms with Gasteiger partial charge in [-0.25, -0.2) is 0 Å². The van der Waals surface area contributed by atoms with E-state index in [0.29, 0.717) is 5.02 Å². The lowest BCUT2D eigenvalue weighted by Crippen LogP contribution is -2.37. The van der Waals surface area contributed by atoms with Crippen molar-refractivity contribution in [1.82, 2.24) is 5.32 Å². The maximum atomic E-state index is 10.9. The minimum Gasteiger partial charge on any atom is -0.481 e. The van der Waals surface area contributed by atoms with E-state index in [1.165, 1.54) is 0 Å². The predicted octanol–water partition coefficient (Wildman–Crippen LogP) is 3.10. The molecule has 0 aliphatic rings. The summed E-state index contributed by atoms with van der Waals surface area (Å²) in [6.07, 6.45) is 0. The van der Waals surface area contributed by atoms with Crippen LogP contribution in [0.15, 0.2) is 24.3 Å². The number of rotatable bonds is 5. The Morgan fingerprint density at radius 1 is 1.29 bits per heavy atom. The molecule has 0 spiro atoms. The van der Waals surface area contributed by atoms with Gasteiger partial charge in [-0.15, -0.1) is 0 Å². The van der Waals surface area contributed by atoms with Crippen molar-refractivity contribution in [1.29, 1.82) is 0 Å². The van der Waals surface area contributed by atoms with Crippen molar-refractivity contribution in [2.24, 2.45) is 5.92 Å². The van der Waals surface area contributed by atoms with Crippen LogP contribution in [0, 0.1) is 5.92 Å². The molecule has 0 bridgehead atoms. The van der Waals surface area contributed by atoms with E-state index >= 15 is 0 Å². The number of carboxylic acid groups (broad SMARTS) is 1. The second kappa shape index (κ2) is 6.03. The quantitative estimate of drug-likeness (QED) is 0.850. The SMILES string of the molecule is CC(NC(C)C(C)C(=O)O)c1ccccc1Cl. The van der Waals surface area contributed by atoms with Crippen molar-refractivity contribution >= 4 is 17.6 Å². The van der Waals surface area contributed by atoms with Crippen LogP contribution in [0.25, 0.3) is 0 Å². The smallest absolute Gasteiger partial charge is 0.307 e. The van der Waals surface area contributed by atoms with Gasteiger partial charge >= 0.3 is 5.97 Å². The van der Waals surface area contributed by atoms with Crippen molar-refractivity contribution in [3.8, 4) is 0 Å². The Hall–Kier alpha value is -1.06. The van der Waals surface area contributed by atoms with Crippen LogP contribution >= 0.6 is 11.6 Å². The van der Waals surface area contributed by atoms with Crippen LogP contribution in [-0.4, -0.2) is 17.1 Å². The van der Waals surface area contributed by atoms with Gasteiger partial charge in [-0.05, 0) is 25.5 Å². The van der Waals surface area contributed by atoms with Gasteiger partial charge in [-0.1, -0.05) is 36.7 Å². The van der Waals surface area contributed by atoms with Gasteiger partial charge in [-0.2, -0.15) is 0 Å². The Morgan fingerprint density at radius 3 is 2.41 bits per heavy atom. The van der Waals surface area contributed by atoms with E-state index < -0.39 is 11.9 Å². The molecule has 1 aromatic rings. The first-order chi connectivity index (χ1) is 7.93. The molecule has 2 N–H and O–H groups in total. The molecule has 3 nitrogen and oxygen atoms in total. The molecule has 3 unspecified atom stereocenters. The summed E-state index contributed by atoms with van der Waals surface area (Å²) in [6, 6.07) is 7.49. The summed E-state index contributed by atoms with van der Waals surface area (Å²) < 4.78 is 0. The molecule has 0 heterocycles. The molecule has 0 fully saturated rings. The summed E-state index contributed by atoms with van der Waals surface area (Å²) in [5.41, 5.74) is 0.985. The second-order valence-corrected chi connectivity index (χ2v) is 4.73. The third kappa shape index (κ3) is 3.72. The molecule has 1 rings (SSSR count). The van der Waals surface area contributed by atoms with Crippen LogP contribution in [0.2, 0.25) is 5.02 Å². The molecule has 1 aromatic carbocycles. The number of aliphatic carboxylic acids is 1. The first-order valence-electron chi connectivity index (χ1n) is 5.66. The zero-order valence-electron chi connectivity index (χ0n) is 10.3. The number of benzene rings is 1. The molecular weight excluding hydrogens is 238 g/mol. The Labute approximate surface area is 107 Å². The summed E-state index contributed by atoms with van der Waals surface area (Å²) in [5.74, 6) is -1.23. The highest BCUT2D eigenvalue weighted by molar-refractivity contribution is 6.31. The van der Waals surface area contributed by atoms with Crippen LogP contribution < -0.4 is 5.32 Å². The van der Waals surface area contributed by atoms with Gasteiger partial charge in [0.1, 0.15) is 0 Å². The van der Waals surface area contributed by atoms with Gasteiger partial charge < -0.3 is 10.4 Å². The van der Waals surface area contributed by atoms with Gasteiger partial charge in [0, 0.05) is 17.1 Å². The van der Waals surface area contributed by atoms with E-state index in [1.807, 2.05) is 38.1 Å². The Bertz CT molecular complexity index is 395. The van der Waals surface area contributed by atoms with E-state index in [-0.39, 0.29) is 12.1 Å². The molecule has 0 aliphatic heterocycles. The summed E-state index contributed by atoms with van der Waals surface area (Å²) >= 11 is 6.09. The standard InChI is InChI=1S/C13H18ClNO2/c1-8(13(16)17)9(2)15-10(3)11-6-4-5-7-12(11)14/h4-10,15H,1-3H3,(H,16,17). The lowest BCUT2D eigenvalue weighted by atomic mass is 10.0. The fourth-order valence-electron chi connectivity index (χ4n) is 1.67. The molecule has 17 heavy (non-hydrogen) atoms. The predicted molar refractivity (Wildman–Crippen MR) is 69.3 cm³/mol. The van der Waals surface area contributed by atoms with Crippen LogP contribution in [-0.2, 0) is 4.79 Å². The number of nitrogens with one attached hydrogen (secondary N) is 1. The first-order valence-corrected chi connectivity index (χ1v) is 6.04. The molecule has 0 radical (unpaired) electrons. The van der Waals surface area contributed by atoms with Crippen molar-refractivity contribution in [2.75, 3.05) is 0 Å². The number of carbonyl (C=O) groups is 1. The molecule has 0 aromatic heterocycles. The molecule has 0 aliphatic carbocycles. The average Bonchev–Trinajstić information content (AvgIpc) is 2.28. The highest BCUT2D eigenvalue weighted by Gasteiger charge is 2.21. The number of halogens is 1. The van der Waals surface area contributed by atoms with Gasteiger partial charge in [0.15, 0.2) is 0 Å². The van der Waals surface area contributed by atoms with E-state index in [2.05, 4.69) is 5.32 Å². The average molecular weight is 256 g/mol. The fourth-order valence-corrected chi connectivity index (χ4v) is 1.97. The van der Waals surface area contributed by atoms with Crippen molar-refractivity contribution < 1.29 is 9.90 Å². The fraction of sp³-hybridized carbons (Fsp3) is 0.462. The topological polar surface area (TPSA) is 49.3 Å². The normalized spacial score (nSPS) is 16.2. The van der Waals surface area contributed by atoms with Crippen LogP contribution in [0.4, 0.5) is 0 Å². The van der Waals surface area contributed by atoms with Crippen molar-refractivity contribution in [2.45, 2.75) is 32.9 Å². The third-order valence-electron chi connectivity index (χ3n) is 3.02. The maximum Gasteiger partial charge on any atom is 0.307 e. The monoisotopic (exact) mass is 255 g/mol. The maximum absolute atomic E-state index is 10.9. The van der Waals surface area contributed by atoms with Crippen LogP contribution in [0.1, 0.15) is 32.4 Å². The molecule has 94 valence electrons. The first kappa shape index (κ1) is 14.0. The van der Waals surface area contributed by atoms with E-state index in [9.17, 15) is 4.79 Å². The molecule has 3 atom stereocenters. The highest BCUT2D eigenvalue weighted by atomic mass is 35.5. The molecule has 4 heteroatoms. The summed E-state index contributed by atoms with van der Waals surface area (Å²) in [6.45, 7) is 5.54. The van der Waals surface area contributed by atoms with Gasteiger partial charge in [0.05, 0.1) is 5.92 Å². The minimum absolute atomic E-state index is 0.0282. The summed E-state index contributed by atoms with van der Waals surface area (Å²) in [5, 5.41) is 12.9. The Morgan fingerprint density at radius 2 is 1.88 bits per heavy atom. The third-order valence-corrected chi connectivity index (χ3v) is 3.37. The summed E-state index contributed by atoms with van der Waals surface area (Å²) in [7, 11) is 0. The van der Waals surface area contributed by atoms with Crippen molar-refractivity contribution in [3.05, 3.63) is 34.9 Å². The van der Waals surface area contributed by atoms with Gasteiger partial charge in [0.2, 0.25) is 0 Å². The van der Waals surface area contributed by atoms with Crippen LogP contribution in [0.5, 0.6) is 0 Å². The zero-order chi connectivity index (χ0) is 13.0. The minimum atomic E-state index is -0.795. The number of carboxylic acids is 1. The van der Waals surface area contributed by atoms with Crippen molar-refractivity contribution in [3.63, 3.8) is 0 Å². The lowest BCUT2D eigenvalue weighted by Gasteiger charge is -2.23. The number of hydrogen-bond donors (Lipinski definition) is 2. The highest BCUT2D eigenvalue weighted by Crippen LogP contribution is 2.23. The largest absolute Gasteiger partial charge is 0.481 e. The van der Waals surface area contributed by atoms with E-state index in [0.717, 1.165) is 5.56 Å². The zero-order valence-corrected chi connectivity index (χ0v) is 11.0. The number of hydrogen-bond acceptors (Lipinski definition) is 2. The molecule has 0 amide bonds. The van der Waals surface area contributed by atoms with Gasteiger partial charge in [-0.3, -0.25) is 4.79 Å². The van der Waals surface area contributed by atoms with E-state index in [4.69, 9.17) is 16.7 Å². The summed E-state index contributed by atoms with van der Waals surface area (Å²) in [4.78, 5) is 10.9. The Kier molecular flexibility index (Phi) is 4.97. The van der Waals surface area contributed by atoms with Crippen LogP contribution in [0.3, 0.4) is 0 Å². The van der Waals surface area contributed by atoms with E-state index in [1.54, 1.807) is 6.92 Å². The molecular formula is C13H18ClNO2. The lowest BCUT2D eigenvalue weighted by molar-refractivity contribution is -0.142. The second-order valence-electron chi connectivity index (χ2n) is 4.33. The Balaban J connectivity index is 2.70.